The molecule has 0 spiro atoms. The normalized spacial score (nSPS) is 10.7. The van der Waals surface area contributed by atoms with Gasteiger partial charge in [0.2, 0.25) is 11.0 Å². The van der Waals surface area contributed by atoms with Crippen LogP contribution in [0, 0.1) is 0 Å². The first kappa shape index (κ1) is 21.7. The third-order valence-electron chi connectivity index (χ3n) is 4.54. The Morgan fingerprint density at radius 1 is 0.875 bits per heavy atom. The maximum absolute atomic E-state index is 12.5. The molecular formula is C23H18N4O3S2. The number of hydrogen-bond donors (Lipinski definition) is 2. The summed E-state index contributed by atoms with van der Waals surface area (Å²) >= 11 is 2.43. The highest BCUT2D eigenvalue weighted by atomic mass is 32.2. The van der Waals surface area contributed by atoms with Crippen LogP contribution in [-0.2, 0) is 4.79 Å². The molecule has 0 unspecified atom stereocenters. The number of nitrogens with zero attached hydrogens (tertiary/aromatic N) is 2. The standard InChI is InChI=1S/C23H18N4O3S2/c1-14(28)15-8-10-19(11-9-15)24-20(29)13-31-23-27-26-22(32-23)25-21(30)18-7-6-16-4-2-3-5-17(16)12-18/h2-12H,13H2,1H3,(H,24,29)(H,25,26,30). The van der Waals surface area contributed by atoms with Crippen LogP contribution in [-0.4, -0.2) is 33.5 Å². The van der Waals surface area contributed by atoms with E-state index in [1.165, 1.54) is 30.0 Å². The largest absolute Gasteiger partial charge is 0.325 e. The SMILES string of the molecule is CC(=O)c1ccc(NC(=O)CSc2nnc(NC(=O)c3ccc4ccccc4c3)s2)cc1. The molecule has 0 atom stereocenters. The van der Waals surface area contributed by atoms with Crippen LogP contribution in [0.5, 0.6) is 0 Å². The molecule has 1 aromatic heterocycles. The van der Waals surface area contributed by atoms with Crippen LogP contribution >= 0.6 is 23.1 Å². The second-order valence-corrected chi connectivity index (χ2v) is 9.06. The van der Waals surface area contributed by atoms with Gasteiger partial charge in [0.1, 0.15) is 0 Å². The van der Waals surface area contributed by atoms with Crippen molar-refractivity contribution in [3.05, 3.63) is 77.9 Å². The lowest BCUT2D eigenvalue weighted by Gasteiger charge is -2.04. The average Bonchev–Trinajstić information content (AvgIpc) is 3.25. The number of thioether (sulfide) groups is 1. The van der Waals surface area contributed by atoms with E-state index in [1.54, 1.807) is 30.3 Å². The molecule has 0 saturated carbocycles. The third kappa shape index (κ3) is 5.37. The van der Waals surface area contributed by atoms with Gasteiger partial charge in [-0.25, -0.2) is 0 Å². The highest BCUT2D eigenvalue weighted by Gasteiger charge is 2.12. The zero-order chi connectivity index (χ0) is 22.5. The van der Waals surface area contributed by atoms with Crippen molar-refractivity contribution in [3.63, 3.8) is 0 Å². The Morgan fingerprint density at radius 3 is 2.34 bits per heavy atom. The summed E-state index contributed by atoms with van der Waals surface area (Å²) in [6.45, 7) is 1.49. The van der Waals surface area contributed by atoms with E-state index in [0.717, 1.165) is 10.8 Å². The van der Waals surface area contributed by atoms with Crippen molar-refractivity contribution >= 4 is 62.3 Å². The van der Waals surface area contributed by atoms with Gasteiger partial charge in [-0.3, -0.25) is 19.7 Å². The van der Waals surface area contributed by atoms with E-state index in [1.807, 2.05) is 36.4 Å². The van der Waals surface area contributed by atoms with Crippen LogP contribution in [0.1, 0.15) is 27.6 Å². The van der Waals surface area contributed by atoms with Gasteiger partial charge in [-0.2, -0.15) is 0 Å². The molecule has 0 aliphatic heterocycles. The molecule has 4 aromatic rings. The lowest BCUT2D eigenvalue weighted by molar-refractivity contribution is -0.113. The lowest BCUT2D eigenvalue weighted by atomic mass is 10.1. The predicted octanol–water partition coefficient (Wildman–Crippen LogP) is 4.88. The number of hydrogen-bond acceptors (Lipinski definition) is 7. The smallest absolute Gasteiger partial charge is 0.257 e. The molecule has 2 N–H and O–H groups in total. The first-order valence-corrected chi connectivity index (χ1v) is 11.5. The molecule has 32 heavy (non-hydrogen) atoms. The minimum absolute atomic E-state index is 0.0294. The highest BCUT2D eigenvalue weighted by Crippen LogP contribution is 2.26. The van der Waals surface area contributed by atoms with E-state index in [4.69, 9.17) is 0 Å². The molecule has 0 aliphatic rings. The number of anilines is 2. The van der Waals surface area contributed by atoms with Gasteiger partial charge in [0.25, 0.3) is 5.91 Å². The second-order valence-electron chi connectivity index (χ2n) is 6.86. The molecule has 4 rings (SSSR count). The summed E-state index contributed by atoms with van der Waals surface area (Å²) in [4.78, 5) is 36.0. The summed E-state index contributed by atoms with van der Waals surface area (Å²) in [5, 5.41) is 15.9. The Hall–Kier alpha value is -3.56. The third-order valence-corrected chi connectivity index (χ3v) is 6.51. The average molecular weight is 463 g/mol. The summed E-state index contributed by atoms with van der Waals surface area (Å²) in [7, 11) is 0. The van der Waals surface area contributed by atoms with Crippen molar-refractivity contribution in [1.82, 2.24) is 10.2 Å². The van der Waals surface area contributed by atoms with Crippen LogP contribution in [0.4, 0.5) is 10.8 Å². The monoisotopic (exact) mass is 462 g/mol. The number of aromatic nitrogens is 2. The zero-order valence-electron chi connectivity index (χ0n) is 17.0. The van der Waals surface area contributed by atoms with E-state index < -0.39 is 0 Å². The van der Waals surface area contributed by atoms with Gasteiger partial charge in [-0.05, 0) is 54.1 Å². The minimum atomic E-state index is -0.268. The lowest BCUT2D eigenvalue weighted by Crippen LogP contribution is -2.14. The fourth-order valence-corrected chi connectivity index (χ4v) is 4.48. The summed E-state index contributed by atoms with van der Waals surface area (Å²) in [5.74, 6) is -0.363. The van der Waals surface area contributed by atoms with Gasteiger partial charge in [0, 0.05) is 16.8 Å². The molecule has 160 valence electrons. The number of ketones is 1. The number of nitrogens with one attached hydrogen (secondary N) is 2. The van der Waals surface area contributed by atoms with Crippen LogP contribution in [0.3, 0.4) is 0 Å². The quantitative estimate of drug-likeness (QED) is 0.231. The molecular weight excluding hydrogens is 444 g/mol. The zero-order valence-corrected chi connectivity index (χ0v) is 18.6. The molecule has 0 aliphatic carbocycles. The van der Waals surface area contributed by atoms with Crippen LogP contribution < -0.4 is 10.6 Å². The second kappa shape index (κ2) is 9.71. The molecule has 0 bridgehead atoms. The fourth-order valence-electron chi connectivity index (χ4n) is 2.93. The molecule has 0 saturated heterocycles. The van der Waals surface area contributed by atoms with E-state index in [0.29, 0.717) is 26.3 Å². The number of carbonyl (C=O) groups excluding carboxylic acids is 3. The number of fused-ring (bicyclic) bond motifs is 1. The number of amides is 2. The highest BCUT2D eigenvalue weighted by molar-refractivity contribution is 8.01. The van der Waals surface area contributed by atoms with Crippen molar-refractivity contribution in [3.8, 4) is 0 Å². The Labute approximate surface area is 192 Å². The molecule has 0 fully saturated rings. The molecule has 7 nitrogen and oxygen atoms in total. The number of Topliss-reactive ketones (excluding diaryl/α,β-unsaturated/α-hetero) is 1. The Kier molecular flexibility index (Phi) is 6.58. The first-order chi connectivity index (χ1) is 15.5. The summed E-state index contributed by atoms with van der Waals surface area (Å²) in [5.41, 5.74) is 1.73. The minimum Gasteiger partial charge on any atom is -0.325 e. The number of carbonyl (C=O) groups is 3. The summed E-state index contributed by atoms with van der Waals surface area (Å²) in [6, 6.07) is 20.0. The fraction of sp³-hybridized carbons (Fsp3) is 0.0870. The number of rotatable bonds is 7. The summed E-state index contributed by atoms with van der Waals surface area (Å²) < 4.78 is 0.570. The van der Waals surface area contributed by atoms with Gasteiger partial charge < -0.3 is 5.32 Å². The van der Waals surface area contributed by atoms with E-state index >= 15 is 0 Å². The molecule has 1 heterocycles. The van der Waals surface area contributed by atoms with Gasteiger partial charge in [0.05, 0.1) is 5.75 Å². The van der Waals surface area contributed by atoms with Crippen molar-refractivity contribution in [2.45, 2.75) is 11.3 Å². The van der Waals surface area contributed by atoms with Gasteiger partial charge in [-0.15, -0.1) is 10.2 Å². The predicted molar refractivity (Wildman–Crippen MR) is 128 cm³/mol. The van der Waals surface area contributed by atoms with Crippen LogP contribution in [0.2, 0.25) is 0 Å². The van der Waals surface area contributed by atoms with E-state index in [9.17, 15) is 14.4 Å². The van der Waals surface area contributed by atoms with E-state index in [-0.39, 0.29) is 23.4 Å². The van der Waals surface area contributed by atoms with Gasteiger partial charge >= 0.3 is 0 Å². The molecule has 9 heteroatoms. The van der Waals surface area contributed by atoms with Crippen LogP contribution in [0.15, 0.2) is 71.1 Å². The van der Waals surface area contributed by atoms with Crippen molar-refractivity contribution in [2.75, 3.05) is 16.4 Å². The molecule has 2 amide bonds. The first-order valence-electron chi connectivity index (χ1n) is 9.65. The van der Waals surface area contributed by atoms with Crippen molar-refractivity contribution < 1.29 is 14.4 Å². The number of benzene rings is 3. The van der Waals surface area contributed by atoms with Gasteiger partial charge in [0.15, 0.2) is 10.1 Å². The Bertz CT molecular complexity index is 1300. The van der Waals surface area contributed by atoms with Gasteiger partial charge in [-0.1, -0.05) is 53.4 Å². The Morgan fingerprint density at radius 2 is 1.59 bits per heavy atom. The van der Waals surface area contributed by atoms with Crippen molar-refractivity contribution in [1.29, 1.82) is 0 Å². The Balaban J connectivity index is 1.30. The van der Waals surface area contributed by atoms with E-state index in [2.05, 4.69) is 20.8 Å². The maximum atomic E-state index is 12.5. The topological polar surface area (TPSA) is 101 Å². The van der Waals surface area contributed by atoms with Crippen LogP contribution in [0.25, 0.3) is 10.8 Å². The molecule has 3 aromatic carbocycles. The summed E-state index contributed by atoms with van der Waals surface area (Å²) in [6.07, 6.45) is 0. The van der Waals surface area contributed by atoms with Crippen molar-refractivity contribution in [2.24, 2.45) is 0 Å². The maximum Gasteiger partial charge on any atom is 0.257 e. The molecule has 0 radical (unpaired) electrons.